The third kappa shape index (κ3) is 10.2. The maximum absolute atomic E-state index is 11.8. The first kappa shape index (κ1) is 23.8. The second-order valence-corrected chi connectivity index (χ2v) is 8.07. The molecule has 0 heterocycles. The van der Waals surface area contributed by atoms with E-state index in [1.807, 2.05) is 45.0 Å². The van der Waals surface area contributed by atoms with Gasteiger partial charge in [0.2, 0.25) is 0 Å². The number of ether oxygens (including phenoxy) is 1. The second kappa shape index (κ2) is 11.5. The number of likely N-dealkylation sites (N-methyl/N-ethyl adjacent to an activating group) is 1. The van der Waals surface area contributed by atoms with Crippen LogP contribution in [0.25, 0.3) is 0 Å². The Labute approximate surface area is 169 Å². The van der Waals surface area contributed by atoms with Gasteiger partial charge in [0.25, 0.3) is 0 Å². The number of amides is 1. The minimum absolute atomic E-state index is 0.445. The predicted molar refractivity (Wildman–Crippen MR) is 117 cm³/mol. The van der Waals surface area contributed by atoms with Crippen molar-refractivity contribution in [2.24, 2.45) is 4.99 Å². The maximum Gasteiger partial charge on any atom is 0.412 e. The SMILES string of the molecule is CN=C(NCCc1ccc(NC(=O)OC(C)(C)C)cc1)NCCN(C)C(C)C. The Morgan fingerprint density at radius 2 is 1.75 bits per heavy atom. The standard InChI is InChI=1S/C21H37N5O2/c1-16(2)26(7)15-14-24-19(22-6)23-13-12-17-8-10-18(11-9-17)25-20(27)28-21(3,4)5/h8-11,16H,12-15H2,1-7H3,(H,25,27)(H2,22,23,24). The van der Waals surface area contributed by atoms with Gasteiger partial charge < -0.3 is 20.3 Å². The summed E-state index contributed by atoms with van der Waals surface area (Å²) in [6, 6.07) is 8.30. The Bertz CT molecular complexity index is 621. The third-order valence-electron chi connectivity index (χ3n) is 4.17. The van der Waals surface area contributed by atoms with Crippen LogP contribution in [0.2, 0.25) is 0 Å². The molecule has 0 aromatic heterocycles. The molecule has 0 radical (unpaired) electrons. The van der Waals surface area contributed by atoms with Gasteiger partial charge >= 0.3 is 6.09 Å². The predicted octanol–water partition coefficient (Wildman–Crippen LogP) is 3.08. The number of hydrogen-bond donors (Lipinski definition) is 3. The first-order chi connectivity index (χ1) is 13.1. The van der Waals surface area contributed by atoms with E-state index in [4.69, 9.17) is 4.74 Å². The minimum Gasteiger partial charge on any atom is -0.444 e. The van der Waals surface area contributed by atoms with E-state index in [0.717, 1.165) is 37.7 Å². The van der Waals surface area contributed by atoms with Crippen molar-refractivity contribution in [2.45, 2.75) is 52.7 Å². The number of carbonyl (C=O) groups excluding carboxylic acids is 1. The van der Waals surface area contributed by atoms with Crippen LogP contribution in [0, 0.1) is 0 Å². The molecule has 0 aliphatic carbocycles. The highest BCUT2D eigenvalue weighted by Gasteiger charge is 2.16. The number of anilines is 1. The molecule has 0 saturated carbocycles. The minimum atomic E-state index is -0.507. The van der Waals surface area contributed by atoms with E-state index in [1.54, 1.807) is 7.05 Å². The zero-order valence-corrected chi connectivity index (χ0v) is 18.4. The van der Waals surface area contributed by atoms with Crippen molar-refractivity contribution >= 4 is 17.7 Å². The van der Waals surface area contributed by atoms with E-state index in [9.17, 15) is 4.79 Å². The Hall–Kier alpha value is -2.28. The summed E-state index contributed by atoms with van der Waals surface area (Å²) in [5.41, 5.74) is 1.39. The van der Waals surface area contributed by atoms with Crippen LogP contribution in [0.3, 0.4) is 0 Å². The molecular formula is C21H37N5O2. The molecule has 0 aliphatic rings. The van der Waals surface area contributed by atoms with Gasteiger partial charge in [0.05, 0.1) is 0 Å². The first-order valence-corrected chi connectivity index (χ1v) is 9.84. The molecule has 0 fully saturated rings. The Morgan fingerprint density at radius 3 is 2.29 bits per heavy atom. The van der Waals surface area contributed by atoms with E-state index in [2.05, 4.69) is 46.7 Å². The zero-order valence-electron chi connectivity index (χ0n) is 18.4. The molecule has 1 rings (SSSR count). The molecule has 3 N–H and O–H groups in total. The summed E-state index contributed by atoms with van der Waals surface area (Å²) in [6.45, 7) is 12.5. The lowest BCUT2D eigenvalue weighted by molar-refractivity contribution is 0.0636. The molecule has 1 aromatic rings. The highest BCUT2D eigenvalue weighted by atomic mass is 16.6. The average molecular weight is 392 g/mol. The molecular weight excluding hydrogens is 354 g/mol. The van der Waals surface area contributed by atoms with Crippen molar-refractivity contribution < 1.29 is 9.53 Å². The van der Waals surface area contributed by atoms with E-state index in [0.29, 0.717) is 6.04 Å². The molecule has 0 saturated heterocycles. The van der Waals surface area contributed by atoms with Crippen molar-refractivity contribution in [1.82, 2.24) is 15.5 Å². The number of hydrogen-bond acceptors (Lipinski definition) is 4. The summed E-state index contributed by atoms with van der Waals surface area (Å²) in [6.07, 6.45) is 0.416. The fourth-order valence-corrected chi connectivity index (χ4v) is 2.33. The van der Waals surface area contributed by atoms with Gasteiger partial charge in [0.15, 0.2) is 5.96 Å². The lowest BCUT2D eigenvalue weighted by Gasteiger charge is -2.21. The number of nitrogens with zero attached hydrogens (tertiary/aromatic N) is 2. The van der Waals surface area contributed by atoms with Crippen LogP contribution in [0.1, 0.15) is 40.2 Å². The summed E-state index contributed by atoms with van der Waals surface area (Å²) >= 11 is 0. The van der Waals surface area contributed by atoms with Crippen molar-refractivity contribution in [3.8, 4) is 0 Å². The molecule has 7 heteroatoms. The number of aliphatic imine (C=N–C) groups is 1. The monoisotopic (exact) mass is 391 g/mol. The lowest BCUT2D eigenvalue weighted by Crippen LogP contribution is -2.42. The number of nitrogens with one attached hydrogen (secondary N) is 3. The smallest absolute Gasteiger partial charge is 0.412 e. The van der Waals surface area contributed by atoms with Crippen LogP contribution in [0.15, 0.2) is 29.3 Å². The van der Waals surface area contributed by atoms with Crippen LogP contribution < -0.4 is 16.0 Å². The molecule has 0 bridgehead atoms. The number of benzene rings is 1. The van der Waals surface area contributed by atoms with Gasteiger partial charge in [-0.3, -0.25) is 10.3 Å². The summed E-state index contributed by atoms with van der Waals surface area (Å²) in [5, 5.41) is 9.39. The fourth-order valence-electron chi connectivity index (χ4n) is 2.33. The quantitative estimate of drug-likeness (QED) is 0.469. The summed E-state index contributed by atoms with van der Waals surface area (Å²) in [4.78, 5) is 18.3. The van der Waals surface area contributed by atoms with Gasteiger partial charge in [0, 0.05) is 38.4 Å². The van der Waals surface area contributed by atoms with Gasteiger partial charge in [0.1, 0.15) is 5.60 Å². The summed E-state index contributed by atoms with van der Waals surface area (Å²) in [7, 11) is 3.89. The van der Waals surface area contributed by atoms with Crippen molar-refractivity contribution in [2.75, 3.05) is 39.0 Å². The topological polar surface area (TPSA) is 78.0 Å². The van der Waals surface area contributed by atoms with Gasteiger partial charge in [-0.15, -0.1) is 0 Å². The highest BCUT2D eigenvalue weighted by Crippen LogP contribution is 2.13. The number of rotatable bonds is 8. The second-order valence-electron chi connectivity index (χ2n) is 8.07. The Morgan fingerprint density at radius 1 is 1.14 bits per heavy atom. The highest BCUT2D eigenvalue weighted by molar-refractivity contribution is 5.84. The third-order valence-corrected chi connectivity index (χ3v) is 4.17. The molecule has 0 unspecified atom stereocenters. The van der Waals surface area contributed by atoms with E-state index in [1.165, 1.54) is 5.56 Å². The van der Waals surface area contributed by atoms with E-state index >= 15 is 0 Å². The molecule has 0 aliphatic heterocycles. The van der Waals surface area contributed by atoms with Crippen LogP contribution in [0.4, 0.5) is 10.5 Å². The average Bonchev–Trinajstić information content (AvgIpc) is 2.59. The molecule has 1 aromatic carbocycles. The molecule has 158 valence electrons. The zero-order chi connectivity index (χ0) is 21.2. The Kier molecular flexibility index (Phi) is 9.79. The molecule has 7 nitrogen and oxygen atoms in total. The number of guanidine groups is 1. The van der Waals surface area contributed by atoms with E-state index < -0.39 is 11.7 Å². The summed E-state index contributed by atoms with van der Waals surface area (Å²) < 4.78 is 5.25. The maximum atomic E-state index is 11.8. The normalized spacial score (nSPS) is 12.2. The molecule has 0 spiro atoms. The van der Waals surface area contributed by atoms with Gasteiger partial charge in [-0.1, -0.05) is 12.1 Å². The summed E-state index contributed by atoms with van der Waals surface area (Å²) in [5.74, 6) is 0.806. The molecule has 1 amide bonds. The molecule has 0 atom stereocenters. The largest absolute Gasteiger partial charge is 0.444 e. The van der Waals surface area contributed by atoms with Crippen molar-refractivity contribution in [1.29, 1.82) is 0 Å². The molecule has 28 heavy (non-hydrogen) atoms. The number of carbonyl (C=O) groups is 1. The van der Waals surface area contributed by atoms with Crippen LogP contribution in [-0.2, 0) is 11.2 Å². The van der Waals surface area contributed by atoms with E-state index in [-0.39, 0.29) is 0 Å². The van der Waals surface area contributed by atoms with Gasteiger partial charge in [-0.2, -0.15) is 0 Å². The van der Waals surface area contributed by atoms with Gasteiger partial charge in [-0.05, 0) is 65.8 Å². The van der Waals surface area contributed by atoms with Crippen LogP contribution in [-0.4, -0.2) is 62.3 Å². The van der Waals surface area contributed by atoms with Crippen molar-refractivity contribution in [3.05, 3.63) is 29.8 Å². The fraction of sp³-hybridized carbons (Fsp3) is 0.619. The van der Waals surface area contributed by atoms with Gasteiger partial charge in [-0.25, -0.2) is 4.79 Å². The first-order valence-electron chi connectivity index (χ1n) is 9.84. The lowest BCUT2D eigenvalue weighted by atomic mass is 10.1. The van der Waals surface area contributed by atoms with Crippen LogP contribution in [0.5, 0.6) is 0 Å². The van der Waals surface area contributed by atoms with Crippen LogP contribution >= 0.6 is 0 Å². The Balaban J connectivity index is 2.35. The van der Waals surface area contributed by atoms with Crippen molar-refractivity contribution in [3.63, 3.8) is 0 Å².